The van der Waals surface area contributed by atoms with Gasteiger partial charge in [-0.1, -0.05) is 41.6 Å². The van der Waals surface area contributed by atoms with Crippen LogP contribution in [0.15, 0.2) is 58.8 Å². The average Bonchev–Trinajstić information content (AvgIpc) is 3.02. The van der Waals surface area contributed by atoms with E-state index in [1.165, 1.54) is 26.3 Å². The molecule has 0 saturated carbocycles. The number of halogens is 3. The summed E-state index contributed by atoms with van der Waals surface area (Å²) in [6.07, 6.45) is -4.42. The number of nitrogens with zero attached hydrogens (tertiary/aromatic N) is 4. The molecule has 0 aliphatic carbocycles. The minimum atomic E-state index is -4.42. The van der Waals surface area contributed by atoms with E-state index in [-0.39, 0.29) is 12.5 Å². The van der Waals surface area contributed by atoms with E-state index in [1.807, 2.05) is 0 Å². The number of rotatable bonds is 5. The van der Waals surface area contributed by atoms with E-state index >= 15 is 0 Å². The van der Waals surface area contributed by atoms with Crippen molar-refractivity contribution in [3.05, 3.63) is 75.7 Å². The molecule has 1 heterocycles. The van der Waals surface area contributed by atoms with Gasteiger partial charge in [-0.05, 0) is 40.2 Å². The summed E-state index contributed by atoms with van der Waals surface area (Å²) in [5, 5.41) is 9.08. The standard InChI is InChI=1S/C20H20F3N4O3/c1-13(16-5-4-6-17(11-16)20(21,22)23)25-30-12-14-7-9-15(10-8-14)18-19(29-3)24-26(2)27(18)28/h4-11,18H,12H2,1-3H3/q+1. The fourth-order valence-corrected chi connectivity index (χ4v) is 2.90. The van der Waals surface area contributed by atoms with Gasteiger partial charge in [0, 0.05) is 5.56 Å². The van der Waals surface area contributed by atoms with Crippen molar-refractivity contribution in [2.24, 2.45) is 10.3 Å². The maximum absolute atomic E-state index is 12.8. The minimum absolute atomic E-state index is 0.119. The Hall–Kier alpha value is -3.43. The van der Waals surface area contributed by atoms with Gasteiger partial charge in [0.2, 0.25) is 0 Å². The lowest BCUT2D eigenvalue weighted by Crippen LogP contribution is -2.24. The molecule has 1 atom stereocenters. The van der Waals surface area contributed by atoms with Gasteiger partial charge in [0.1, 0.15) is 6.61 Å². The third-order valence-electron chi connectivity index (χ3n) is 4.53. The second kappa shape index (κ2) is 8.52. The van der Waals surface area contributed by atoms with Gasteiger partial charge in [0.25, 0.3) is 6.04 Å². The number of nitroso groups, excluding NO2 is 1. The van der Waals surface area contributed by atoms with Gasteiger partial charge >= 0.3 is 12.1 Å². The largest absolute Gasteiger partial charge is 0.461 e. The third-order valence-corrected chi connectivity index (χ3v) is 4.53. The lowest BCUT2D eigenvalue weighted by atomic mass is 10.1. The number of benzene rings is 2. The molecule has 0 radical (unpaired) electrons. The van der Waals surface area contributed by atoms with Gasteiger partial charge in [-0.15, -0.1) is 0 Å². The van der Waals surface area contributed by atoms with Crippen LogP contribution in [0.1, 0.15) is 35.2 Å². The molecule has 0 aromatic heterocycles. The maximum Gasteiger partial charge on any atom is 0.416 e. The van der Waals surface area contributed by atoms with Crippen LogP contribution >= 0.6 is 0 Å². The van der Waals surface area contributed by atoms with Gasteiger partial charge in [-0.2, -0.15) is 13.2 Å². The molecule has 1 unspecified atom stereocenters. The van der Waals surface area contributed by atoms with Crippen molar-refractivity contribution < 1.29 is 27.6 Å². The molecule has 0 bridgehead atoms. The minimum Gasteiger partial charge on any atom is -0.461 e. The third kappa shape index (κ3) is 4.58. The number of hydrazine groups is 1. The number of ether oxygens (including phenoxy) is 1. The van der Waals surface area contributed by atoms with E-state index in [2.05, 4.69) is 10.3 Å². The lowest BCUT2D eigenvalue weighted by molar-refractivity contribution is -0.714. The van der Waals surface area contributed by atoms with Crippen molar-refractivity contribution >= 4 is 11.6 Å². The molecule has 10 heteroatoms. The Morgan fingerprint density at radius 3 is 2.57 bits per heavy atom. The van der Waals surface area contributed by atoms with Gasteiger partial charge in [0.05, 0.1) is 35.4 Å². The van der Waals surface area contributed by atoms with Gasteiger partial charge in [-0.25, -0.2) is 0 Å². The van der Waals surface area contributed by atoms with Crippen LogP contribution in [0.4, 0.5) is 13.2 Å². The summed E-state index contributed by atoms with van der Waals surface area (Å²) in [7, 11) is 2.98. The van der Waals surface area contributed by atoms with Crippen molar-refractivity contribution in [2.45, 2.75) is 25.7 Å². The summed E-state index contributed by atoms with van der Waals surface area (Å²) in [6, 6.07) is 11.3. The SMILES string of the molecule is COC1=NN(C)[N+](=O)C1c1ccc(CON=C(C)c2cccc(C(F)(F)F)c2)cc1. The highest BCUT2D eigenvalue weighted by molar-refractivity contribution is 5.98. The Kier molecular flexibility index (Phi) is 6.04. The van der Waals surface area contributed by atoms with E-state index in [0.717, 1.165) is 22.8 Å². The normalized spacial score (nSPS) is 17.2. The van der Waals surface area contributed by atoms with Gasteiger partial charge in [0.15, 0.2) is 0 Å². The first-order valence-corrected chi connectivity index (χ1v) is 8.96. The Morgan fingerprint density at radius 1 is 1.23 bits per heavy atom. The van der Waals surface area contributed by atoms with Crippen LogP contribution in [-0.4, -0.2) is 35.8 Å². The Bertz CT molecular complexity index is 988. The van der Waals surface area contributed by atoms with Crippen molar-refractivity contribution in [3.8, 4) is 0 Å². The van der Waals surface area contributed by atoms with Crippen LogP contribution in [0.3, 0.4) is 0 Å². The molecule has 30 heavy (non-hydrogen) atoms. The van der Waals surface area contributed by atoms with E-state index in [9.17, 15) is 18.1 Å². The zero-order valence-electron chi connectivity index (χ0n) is 16.6. The molecule has 0 spiro atoms. The van der Waals surface area contributed by atoms with Crippen LogP contribution in [0.5, 0.6) is 0 Å². The van der Waals surface area contributed by atoms with Crippen LogP contribution in [-0.2, 0) is 22.4 Å². The highest BCUT2D eigenvalue weighted by atomic mass is 19.4. The first-order valence-electron chi connectivity index (χ1n) is 8.96. The number of hydrazone groups is 1. The molecule has 0 saturated heterocycles. The van der Waals surface area contributed by atoms with Crippen LogP contribution in [0.25, 0.3) is 0 Å². The summed E-state index contributed by atoms with van der Waals surface area (Å²) >= 11 is 0. The molecule has 3 rings (SSSR count). The predicted molar refractivity (Wildman–Crippen MR) is 103 cm³/mol. The van der Waals surface area contributed by atoms with E-state index in [0.29, 0.717) is 21.7 Å². The summed E-state index contributed by atoms with van der Waals surface area (Å²) in [4.78, 5) is 18.1. The van der Waals surface area contributed by atoms with Crippen molar-refractivity contribution in [1.29, 1.82) is 0 Å². The molecule has 7 nitrogen and oxygen atoms in total. The molecule has 2 aromatic rings. The number of methoxy groups -OCH3 is 1. The van der Waals surface area contributed by atoms with E-state index in [4.69, 9.17) is 9.57 Å². The van der Waals surface area contributed by atoms with Gasteiger partial charge < -0.3 is 9.57 Å². The zero-order valence-corrected chi connectivity index (χ0v) is 16.6. The van der Waals surface area contributed by atoms with E-state index in [1.54, 1.807) is 31.2 Å². The number of alkyl halides is 3. The average molecular weight is 421 g/mol. The van der Waals surface area contributed by atoms with Crippen LogP contribution in [0.2, 0.25) is 0 Å². The summed E-state index contributed by atoms with van der Waals surface area (Å²) in [6.45, 7) is 1.69. The molecule has 0 N–H and O–H groups in total. The predicted octanol–water partition coefficient (Wildman–Crippen LogP) is 4.29. The van der Waals surface area contributed by atoms with Crippen LogP contribution < -0.4 is 0 Å². The Morgan fingerprint density at radius 2 is 1.93 bits per heavy atom. The smallest absolute Gasteiger partial charge is 0.416 e. The molecular weight excluding hydrogens is 401 g/mol. The monoisotopic (exact) mass is 421 g/mol. The number of hydrogen-bond donors (Lipinski definition) is 0. The summed E-state index contributed by atoms with van der Waals surface area (Å²) in [5.41, 5.74) is 1.39. The maximum atomic E-state index is 12.8. The van der Waals surface area contributed by atoms with Crippen molar-refractivity contribution in [3.63, 3.8) is 0 Å². The first kappa shape index (κ1) is 21.3. The molecule has 1 aliphatic rings. The van der Waals surface area contributed by atoms with Crippen LogP contribution in [0, 0.1) is 4.91 Å². The molecule has 0 fully saturated rings. The summed E-state index contributed by atoms with van der Waals surface area (Å²) in [5.74, 6) is 0.290. The quantitative estimate of drug-likeness (QED) is 0.411. The van der Waals surface area contributed by atoms with Crippen molar-refractivity contribution in [1.82, 2.24) is 5.12 Å². The summed E-state index contributed by atoms with van der Waals surface area (Å²) < 4.78 is 43.7. The number of hydrogen-bond acceptors (Lipinski definition) is 5. The fraction of sp³-hybridized carbons (Fsp3) is 0.300. The molecule has 158 valence electrons. The first-order chi connectivity index (χ1) is 14.2. The van der Waals surface area contributed by atoms with Crippen molar-refractivity contribution in [2.75, 3.05) is 14.2 Å². The highest BCUT2D eigenvalue weighted by Crippen LogP contribution is 2.30. The Balaban J connectivity index is 1.64. The Labute approximate surface area is 170 Å². The lowest BCUT2D eigenvalue weighted by Gasteiger charge is -2.09. The fourth-order valence-electron chi connectivity index (χ4n) is 2.90. The zero-order chi connectivity index (χ0) is 21.9. The van der Waals surface area contributed by atoms with E-state index < -0.39 is 17.8 Å². The highest BCUT2D eigenvalue weighted by Gasteiger charge is 2.44. The molecule has 2 aromatic carbocycles. The van der Waals surface area contributed by atoms with Gasteiger partial charge in [-0.3, -0.25) is 0 Å². The molecular formula is C20H20F3N4O3+. The molecule has 1 aliphatic heterocycles. The second-order valence-electron chi connectivity index (χ2n) is 6.61. The second-order valence-corrected chi connectivity index (χ2v) is 6.61. The molecule has 0 amide bonds. The number of oxime groups is 1. The topological polar surface area (TPSA) is 66.5 Å².